The van der Waals surface area contributed by atoms with Gasteiger partial charge in [-0.15, -0.1) is 0 Å². The van der Waals surface area contributed by atoms with Crippen LogP contribution in [0.15, 0.2) is 51.8 Å². The highest BCUT2D eigenvalue weighted by atomic mass is 35.5. The molecule has 0 aromatic rings. The highest BCUT2D eigenvalue weighted by Crippen LogP contribution is 2.51. The smallest absolute Gasteiger partial charge is 0.111 e. The van der Waals surface area contributed by atoms with Gasteiger partial charge in [0.15, 0.2) is 0 Å². The van der Waals surface area contributed by atoms with Crippen molar-refractivity contribution >= 4 is 17.4 Å². The lowest BCUT2D eigenvalue weighted by molar-refractivity contribution is 0.127. The fourth-order valence-electron chi connectivity index (χ4n) is 3.88. The van der Waals surface area contributed by atoms with E-state index in [1.54, 1.807) is 13.1 Å². The number of nitrogens with two attached hydrogens (primary N) is 1. The molecule has 0 bridgehead atoms. The maximum absolute atomic E-state index is 14.1. The van der Waals surface area contributed by atoms with Crippen LogP contribution < -0.4 is 11.1 Å². The Morgan fingerprint density at radius 3 is 2.71 bits per heavy atom. The van der Waals surface area contributed by atoms with Gasteiger partial charge in [0.2, 0.25) is 0 Å². The molecule has 2 atom stereocenters. The molecular weight excluding hydrogens is 325 g/mol. The van der Waals surface area contributed by atoms with Crippen molar-refractivity contribution in [3.8, 4) is 0 Å². The number of halogens is 2. The second-order valence-corrected chi connectivity index (χ2v) is 7.30. The molecule has 1 saturated carbocycles. The van der Waals surface area contributed by atoms with E-state index in [0.29, 0.717) is 12.3 Å². The van der Waals surface area contributed by atoms with E-state index >= 15 is 0 Å². The summed E-state index contributed by atoms with van der Waals surface area (Å²) in [6, 6.07) is 0. The Balaban J connectivity index is 1.76. The summed E-state index contributed by atoms with van der Waals surface area (Å²) in [6.45, 7) is 0. The first-order valence-corrected chi connectivity index (χ1v) is 9.01. The lowest BCUT2D eigenvalue weighted by Crippen LogP contribution is -2.58. The number of aliphatic imine (C=N–C) groups is 1. The van der Waals surface area contributed by atoms with Crippen LogP contribution in [0.25, 0.3) is 0 Å². The summed E-state index contributed by atoms with van der Waals surface area (Å²) in [6.07, 6.45) is 14.8. The molecule has 1 fully saturated rings. The first kappa shape index (κ1) is 17.4. The largest absolute Gasteiger partial charge is 0.357 e. The van der Waals surface area contributed by atoms with Gasteiger partial charge in [-0.3, -0.25) is 4.99 Å². The summed E-state index contributed by atoms with van der Waals surface area (Å²) in [7, 11) is 1.69. The summed E-state index contributed by atoms with van der Waals surface area (Å²) in [5.74, 6) is 0.127. The molecule has 2 unspecified atom stereocenters. The highest BCUT2D eigenvalue weighted by molar-refractivity contribution is 6.29. The van der Waals surface area contributed by atoms with Gasteiger partial charge in [-0.2, -0.15) is 0 Å². The van der Waals surface area contributed by atoms with Crippen LogP contribution in [0.1, 0.15) is 38.5 Å². The molecule has 3 rings (SSSR count). The predicted molar refractivity (Wildman–Crippen MR) is 98.4 cm³/mol. The number of hydrogen-bond acceptors (Lipinski definition) is 2. The summed E-state index contributed by atoms with van der Waals surface area (Å²) in [5.41, 5.74) is 7.86. The van der Waals surface area contributed by atoms with Crippen LogP contribution >= 0.6 is 11.6 Å². The number of amidine groups is 1. The second kappa shape index (κ2) is 7.24. The Kier molecular flexibility index (Phi) is 5.26. The Morgan fingerprint density at radius 2 is 2.17 bits per heavy atom. The third kappa shape index (κ3) is 3.22. The van der Waals surface area contributed by atoms with Crippen molar-refractivity contribution in [2.45, 2.75) is 44.7 Å². The Hall–Kier alpha value is -1.39. The molecule has 3 aliphatic carbocycles. The number of rotatable bonds is 4. The molecular formula is C19H25ClFN3. The van der Waals surface area contributed by atoms with Crippen molar-refractivity contribution in [3.05, 3.63) is 46.8 Å². The zero-order valence-electron chi connectivity index (χ0n) is 14.1. The van der Waals surface area contributed by atoms with Crippen LogP contribution in [0.2, 0.25) is 0 Å². The first-order valence-electron chi connectivity index (χ1n) is 8.63. The Labute approximate surface area is 148 Å². The lowest BCUT2D eigenvalue weighted by atomic mass is 9.60. The first-order chi connectivity index (χ1) is 11.6. The predicted octanol–water partition coefficient (Wildman–Crippen LogP) is 4.33. The van der Waals surface area contributed by atoms with E-state index in [4.69, 9.17) is 17.3 Å². The van der Waals surface area contributed by atoms with Gasteiger partial charge in [0.1, 0.15) is 11.7 Å². The summed E-state index contributed by atoms with van der Waals surface area (Å²) >= 11 is 6.09. The van der Waals surface area contributed by atoms with Crippen molar-refractivity contribution in [1.29, 1.82) is 0 Å². The minimum Gasteiger partial charge on any atom is -0.357 e. The summed E-state index contributed by atoms with van der Waals surface area (Å²) in [4.78, 5) is 4.29. The molecule has 24 heavy (non-hydrogen) atoms. The van der Waals surface area contributed by atoms with E-state index in [0.717, 1.165) is 30.7 Å². The van der Waals surface area contributed by atoms with Gasteiger partial charge in [-0.05, 0) is 44.3 Å². The van der Waals surface area contributed by atoms with E-state index in [2.05, 4.69) is 16.4 Å². The molecule has 0 heterocycles. The highest BCUT2D eigenvalue weighted by Gasteiger charge is 2.46. The minimum absolute atomic E-state index is 0.0608. The van der Waals surface area contributed by atoms with Crippen LogP contribution in [-0.2, 0) is 0 Å². The Morgan fingerprint density at radius 1 is 1.38 bits per heavy atom. The molecule has 0 amide bonds. The van der Waals surface area contributed by atoms with E-state index in [9.17, 15) is 4.39 Å². The topological polar surface area (TPSA) is 50.4 Å². The van der Waals surface area contributed by atoms with Crippen LogP contribution in [0.4, 0.5) is 4.39 Å². The van der Waals surface area contributed by atoms with Gasteiger partial charge in [0.25, 0.3) is 0 Å². The standard InChI is InChI=1S/C19H25ClFN3/c1-23-17(15-5-2-3-6-16(15)21)24-18(22)19(11-4-12-19)13-7-9-14(20)10-8-13/h2-3,6-7,9,15,18H,4-5,8,10-12,22H2,1H3,(H,23,24). The van der Waals surface area contributed by atoms with Crippen molar-refractivity contribution in [2.24, 2.45) is 22.1 Å². The molecule has 0 aromatic heterocycles. The van der Waals surface area contributed by atoms with Crippen molar-refractivity contribution in [2.75, 3.05) is 7.05 Å². The monoisotopic (exact) mass is 349 g/mol. The molecule has 0 aromatic carbocycles. The van der Waals surface area contributed by atoms with Crippen LogP contribution in [0, 0.1) is 11.3 Å². The van der Waals surface area contributed by atoms with Gasteiger partial charge in [0.05, 0.1) is 12.1 Å². The molecule has 0 radical (unpaired) electrons. The normalized spacial score (nSPS) is 27.6. The SMILES string of the molecule is CN=C(NC(N)C1(C2=CC=C(Cl)CC2)CCC1)C1CC=CC=C1F. The zero-order valence-corrected chi connectivity index (χ0v) is 14.8. The summed E-state index contributed by atoms with van der Waals surface area (Å²) < 4.78 is 14.1. The molecule has 0 aliphatic heterocycles. The van der Waals surface area contributed by atoms with Crippen molar-refractivity contribution in [1.82, 2.24) is 5.32 Å². The molecule has 0 spiro atoms. The lowest BCUT2D eigenvalue weighted by Gasteiger charge is -2.49. The number of allylic oxidation sites excluding steroid dienone is 6. The molecule has 3 aliphatic rings. The quantitative estimate of drug-likeness (QED) is 0.451. The molecule has 5 heteroatoms. The van der Waals surface area contributed by atoms with Crippen molar-refractivity contribution < 1.29 is 4.39 Å². The van der Waals surface area contributed by atoms with Gasteiger partial charge < -0.3 is 11.1 Å². The van der Waals surface area contributed by atoms with Gasteiger partial charge >= 0.3 is 0 Å². The van der Waals surface area contributed by atoms with Gasteiger partial charge in [-0.1, -0.05) is 41.8 Å². The molecule has 130 valence electrons. The fraction of sp³-hybridized carbons (Fsp3) is 0.526. The zero-order chi connectivity index (χ0) is 17.2. The van der Waals surface area contributed by atoms with E-state index in [-0.39, 0.29) is 23.3 Å². The molecule has 0 saturated heterocycles. The minimum atomic E-state index is -0.349. The second-order valence-electron chi connectivity index (χ2n) is 6.81. The van der Waals surface area contributed by atoms with Crippen molar-refractivity contribution in [3.63, 3.8) is 0 Å². The summed E-state index contributed by atoms with van der Waals surface area (Å²) in [5, 5.41) is 4.23. The van der Waals surface area contributed by atoms with Gasteiger partial charge in [0, 0.05) is 17.5 Å². The van der Waals surface area contributed by atoms with E-state index in [1.165, 1.54) is 18.1 Å². The third-order valence-corrected chi connectivity index (χ3v) is 5.86. The maximum atomic E-state index is 14.1. The average molecular weight is 350 g/mol. The van der Waals surface area contributed by atoms with Crippen LogP contribution in [-0.4, -0.2) is 19.0 Å². The Bertz CT molecular complexity index is 641. The molecule has 3 nitrogen and oxygen atoms in total. The number of nitrogens with zero attached hydrogens (tertiary/aromatic N) is 1. The van der Waals surface area contributed by atoms with Crippen LogP contribution in [0.3, 0.4) is 0 Å². The fourth-order valence-corrected chi connectivity index (χ4v) is 4.04. The van der Waals surface area contributed by atoms with E-state index in [1.807, 2.05) is 12.2 Å². The van der Waals surface area contributed by atoms with E-state index < -0.39 is 0 Å². The third-order valence-electron chi connectivity index (χ3n) is 5.55. The number of nitrogens with one attached hydrogen (secondary N) is 1. The maximum Gasteiger partial charge on any atom is 0.111 e. The van der Waals surface area contributed by atoms with Crippen LogP contribution in [0.5, 0.6) is 0 Å². The average Bonchev–Trinajstić information content (AvgIpc) is 2.54. The van der Waals surface area contributed by atoms with Gasteiger partial charge in [-0.25, -0.2) is 4.39 Å². The number of hydrogen-bond donors (Lipinski definition) is 2. The molecule has 3 N–H and O–H groups in total.